The van der Waals surface area contributed by atoms with E-state index in [-0.39, 0.29) is 5.75 Å². The lowest BCUT2D eigenvalue weighted by molar-refractivity contribution is 0.502. The van der Waals surface area contributed by atoms with E-state index in [4.69, 9.17) is 11.9 Å². The summed E-state index contributed by atoms with van der Waals surface area (Å²) in [6, 6.07) is 0. The Labute approximate surface area is 98.4 Å². The molecule has 0 saturated heterocycles. The van der Waals surface area contributed by atoms with E-state index in [0.717, 1.165) is 12.8 Å². The molecule has 0 aliphatic heterocycles. The van der Waals surface area contributed by atoms with E-state index in [1.54, 1.807) is 0 Å². The maximum absolute atomic E-state index is 10.8. The van der Waals surface area contributed by atoms with E-state index >= 15 is 0 Å². The molecule has 0 atom stereocenters. The van der Waals surface area contributed by atoms with E-state index in [1.165, 1.54) is 32.1 Å². The van der Waals surface area contributed by atoms with Gasteiger partial charge < -0.3 is 0 Å². The third-order valence-electron chi connectivity index (χ3n) is 2.34. The minimum absolute atomic E-state index is 0.0332. The maximum Gasteiger partial charge on any atom is 0.283 e. The van der Waals surface area contributed by atoms with Crippen LogP contribution in [0, 0.1) is 0 Å². The van der Waals surface area contributed by atoms with Crippen LogP contribution < -0.4 is 0 Å². The summed E-state index contributed by atoms with van der Waals surface area (Å²) >= 11 is 4.80. The fourth-order valence-corrected chi connectivity index (χ4v) is 2.25. The number of hydrogen-bond acceptors (Lipinski definition) is 3. The quantitative estimate of drug-likeness (QED) is 0.561. The molecular weight excluding hydrogens is 236 g/mol. The molecule has 92 valence electrons. The van der Waals surface area contributed by atoms with Gasteiger partial charge in [0.1, 0.15) is 0 Å². The summed E-state index contributed by atoms with van der Waals surface area (Å²) in [6.45, 7) is 2.19. The van der Waals surface area contributed by atoms with Gasteiger partial charge in [-0.3, -0.25) is 0 Å². The molecule has 0 heterocycles. The molecule has 0 bridgehead atoms. The average molecular weight is 257 g/mol. The van der Waals surface area contributed by atoms with Crippen LogP contribution in [0.15, 0.2) is 0 Å². The zero-order valence-corrected chi connectivity index (χ0v) is 10.9. The van der Waals surface area contributed by atoms with Gasteiger partial charge in [-0.05, 0) is 6.42 Å². The van der Waals surface area contributed by atoms with Gasteiger partial charge in [0, 0.05) is 0 Å². The summed E-state index contributed by atoms with van der Waals surface area (Å²) < 4.78 is 25.5. The van der Waals surface area contributed by atoms with Crippen LogP contribution >= 0.6 is 11.9 Å². The lowest BCUT2D eigenvalue weighted by Gasteiger charge is -2.01. The SMILES string of the molecule is CCCCCCCCCCS(=O)(=O)OCl. The van der Waals surface area contributed by atoms with Crippen molar-refractivity contribution in [1.29, 1.82) is 0 Å². The number of hydrogen-bond donors (Lipinski definition) is 0. The molecule has 5 heteroatoms. The molecule has 0 N–H and O–H groups in total. The summed E-state index contributed by atoms with van der Waals surface area (Å²) in [4.78, 5) is 0. The van der Waals surface area contributed by atoms with Crippen molar-refractivity contribution in [3.05, 3.63) is 0 Å². The van der Waals surface area contributed by atoms with E-state index in [1.807, 2.05) is 0 Å². The molecule has 0 radical (unpaired) electrons. The topological polar surface area (TPSA) is 43.4 Å². The summed E-state index contributed by atoms with van der Waals surface area (Å²) in [7, 11) is -3.46. The Kier molecular flexibility index (Phi) is 9.55. The van der Waals surface area contributed by atoms with Gasteiger partial charge in [0.2, 0.25) is 0 Å². The van der Waals surface area contributed by atoms with Crippen molar-refractivity contribution in [3.63, 3.8) is 0 Å². The Morgan fingerprint density at radius 3 is 1.87 bits per heavy atom. The first-order chi connectivity index (χ1) is 7.12. The van der Waals surface area contributed by atoms with Crippen molar-refractivity contribution in [3.8, 4) is 0 Å². The normalized spacial score (nSPS) is 11.9. The van der Waals surface area contributed by atoms with Crippen LogP contribution in [-0.2, 0) is 13.9 Å². The summed E-state index contributed by atoms with van der Waals surface area (Å²) in [6.07, 6.45) is 8.98. The summed E-state index contributed by atoms with van der Waals surface area (Å²) in [5.74, 6) is 0.0332. The van der Waals surface area contributed by atoms with Gasteiger partial charge in [-0.2, -0.15) is 12.2 Å². The zero-order valence-electron chi connectivity index (χ0n) is 9.37. The molecule has 0 aliphatic rings. The fraction of sp³-hybridized carbons (Fsp3) is 1.00. The molecule has 0 rings (SSSR count). The standard InChI is InChI=1S/C10H21ClO3S/c1-2-3-4-5-6-7-8-9-10-15(12,13)14-11/h2-10H2,1H3. The minimum atomic E-state index is -3.46. The first kappa shape index (κ1) is 15.2. The van der Waals surface area contributed by atoms with E-state index < -0.39 is 10.1 Å². The van der Waals surface area contributed by atoms with Gasteiger partial charge in [-0.15, -0.1) is 0 Å². The van der Waals surface area contributed by atoms with Crippen LogP contribution in [0.4, 0.5) is 0 Å². The van der Waals surface area contributed by atoms with Crippen LogP contribution in [-0.4, -0.2) is 14.2 Å². The highest BCUT2D eigenvalue weighted by molar-refractivity contribution is 7.87. The average Bonchev–Trinajstić information content (AvgIpc) is 2.22. The number of halogens is 1. The molecule has 0 fully saturated rings. The lowest BCUT2D eigenvalue weighted by Crippen LogP contribution is -2.04. The zero-order chi connectivity index (χ0) is 11.6. The minimum Gasteiger partial charge on any atom is -0.198 e. The van der Waals surface area contributed by atoms with Gasteiger partial charge in [0.25, 0.3) is 10.1 Å². The smallest absolute Gasteiger partial charge is 0.198 e. The van der Waals surface area contributed by atoms with Crippen molar-refractivity contribution >= 4 is 22.0 Å². The van der Waals surface area contributed by atoms with Crippen LogP contribution in [0.5, 0.6) is 0 Å². The highest BCUT2D eigenvalue weighted by atomic mass is 35.5. The molecule has 0 aromatic carbocycles. The molecular formula is C10H21ClO3S. The van der Waals surface area contributed by atoms with E-state index in [0.29, 0.717) is 6.42 Å². The third kappa shape index (κ3) is 10.5. The number of unbranched alkanes of at least 4 members (excludes halogenated alkanes) is 7. The maximum atomic E-state index is 10.8. The van der Waals surface area contributed by atoms with Crippen molar-refractivity contribution < 1.29 is 12.2 Å². The predicted molar refractivity (Wildman–Crippen MR) is 63.3 cm³/mol. The molecule has 3 nitrogen and oxygen atoms in total. The molecule has 0 unspecified atom stereocenters. The Bertz CT molecular complexity index is 227. The van der Waals surface area contributed by atoms with Crippen molar-refractivity contribution in [2.45, 2.75) is 58.3 Å². The molecule has 0 spiro atoms. The first-order valence-electron chi connectivity index (χ1n) is 5.65. The summed E-state index contributed by atoms with van der Waals surface area (Å²) in [5.41, 5.74) is 0. The largest absolute Gasteiger partial charge is 0.283 e. The monoisotopic (exact) mass is 256 g/mol. The van der Waals surface area contributed by atoms with Gasteiger partial charge in [0.05, 0.1) is 17.6 Å². The lowest BCUT2D eigenvalue weighted by atomic mass is 10.1. The Hall–Kier alpha value is 0.200. The van der Waals surface area contributed by atoms with Gasteiger partial charge in [-0.1, -0.05) is 51.9 Å². The second-order valence-electron chi connectivity index (χ2n) is 3.80. The van der Waals surface area contributed by atoms with Crippen molar-refractivity contribution in [1.82, 2.24) is 0 Å². The van der Waals surface area contributed by atoms with E-state index in [2.05, 4.69) is 10.7 Å². The fourth-order valence-electron chi connectivity index (χ4n) is 1.44. The molecule has 15 heavy (non-hydrogen) atoms. The van der Waals surface area contributed by atoms with Crippen molar-refractivity contribution in [2.24, 2.45) is 0 Å². The molecule has 0 amide bonds. The highest BCUT2D eigenvalue weighted by Crippen LogP contribution is 2.09. The predicted octanol–water partition coefficient (Wildman–Crippen LogP) is 3.63. The molecule has 0 aromatic heterocycles. The van der Waals surface area contributed by atoms with Gasteiger partial charge >= 0.3 is 0 Å². The van der Waals surface area contributed by atoms with E-state index in [9.17, 15) is 8.42 Å². The van der Waals surface area contributed by atoms with Gasteiger partial charge in [-0.25, -0.2) is 0 Å². The second kappa shape index (κ2) is 9.43. The van der Waals surface area contributed by atoms with Crippen LogP contribution in [0.2, 0.25) is 0 Å². The number of rotatable bonds is 10. The molecule has 0 aliphatic carbocycles. The Morgan fingerprint density at radius 2 is 1.40 bits per heavy atom. The second-order valence-corrected chi connectivity index (χ2v) is 5.83. The van der Waals surface area contributed by atoms with Crippen molar-refractivity contribution in [2.75, 3.05) is 5.75 Å². The Morgan fingerprint density at radius 1 is 0.933 bits per heavy atom. The molecule has 0 saturated carbocycles. The first-order valence-corrected chi connectivity index (χ1v) is 7.54. The highest BCUT2D eigenvalue weighted by Gasteiger charge is 2.08. The summed E-state index contributed by atoms with van der Waals surface area (Å²) in [5, 5.41) is 0. The van der Waals surface area contributed by atoms with Crippen LogP contribution in [0.3, 0.4) is 0 Å². The molecule has 0 aromatic rings. The van der Waals surface area contributed by atoms with Crippen LogP contribution in [0.25, 0.3) is 0 Å². The Balaban J connectivity index is 3.19. The third-order valence-corrected chi connectivity index (χ3v) is 3.90. The van der Waals surface area contributed by atoms with Gasteiger partial charge in [0.15, 0.2) is 0 Å². The van der Waals surface area contributed by atoms with Crippen LogP contribution in [0.1, 0.15) is 58.3 Å².